The van der Waals surface area contributed by atoms with Gasteiger partial charge in [0.05, 0.1) is 16.4 Å². The van der Waals surface area contributed by atoms with Gasteiger partial charge < -0.3 is 5.73 Å². The summed E-state index contributed by atoms with van der Waals surface area (Å²) in [5.74, 6) is -0.246. The monoisotopic (exact) mass is 318 g/mol. The molecule has 0 aliphatic carbocycles. The Bertz CT molecular complexity index is 697. The van der Waals surface area contributed by atoms with Gasteiger partial charge in [0, 0.05) is 19.6 Å². The average Bonchev–Trinajstić information content (AvgIpc) is 2.38. The number of hydrogen-bond acceptors (Lipinski definition) is 5. The third-order valence-corrected chi connectivity index (χ3v) is 7.06. The third-order valence-electron chi connectivity index (χ3n) is 3.41. The van der Waals surface area contributed by atoms with Crippen molar-refractivity contribution < 1.29 is 16.8 Å². The molecule has 1 aromatic rings. The Morgan fingerprint density at radius 3 is 2.40 bits per heavy atom. The van der Waals surface area contributed by atoms with E-state index in [2.05, 4.69) is 0 Å². The van der Waals surface area contributed by atoms with Crippen LogP contribution in [0.25, 0.3) is 0 Å². The second-order valence-corrected chi connectivity index (χ2v) is 9.07. The van der Waals surface area contributed by atoms with E-state index in [1.54, 1.807) is 25.1 Å². The van der Waals surface area contributed by atoms with Gasteiger partial charge in [0.2, 0.25) is 10.0 Å². The zero-order chi connectivity index (χ0) is 15.0. The maximum atomic E-state index is 12.6. The summed E-state index contributed by atoms with van der Waals surface area (Å²) in [4.78, 5) is 0.208. The molecular formula is C12H18N2O4S2. The smallest absolute Gasteiger partial charge is 0.243 e. The molecule has 1 aliphatic heterocycles. The van der Waals surface area contributed by atoms with Crippen LogP contribution in [0, 0.1) is 6.92 Å². The Morgan fingerprint density at radius 1 is 1.25 bits per heavy atom. The molecule has 0 radical (unpaired) electrons. The first-order chi connectivity index (χ1) is 9.26. The predicted molar refractivity (Wildman–Crippen MR) is 76.5 cm³/mol. The summed E-state index contributed by atoms with van der Waals surface area (Å²) in [6, 6.07) is 5.07. The highest BCUT2D eigenvalue weighted by Gasteiger charge is 2.32. The lowest BCUT2D eigenvalue weighted by molar-refractivity contribution is 0.430. The van der Waals surface area contributed by atoms with E-state index >= 15 is 0 Å². The van der Waals surface area contributed by atoms with Crippen molar-refractivity contribution >= 4 is 19.9 Å². The van der Waals surface area contributed by atoms with Crippen molar-refractivity contribution in [2.75, 3.05) is 24.6 Å². The van der Waals surface area contributed by atoms with E-state index in [-0.39, 0.29) is 36.0 Å². The molecule has 1 heterocycles. The minimum atomic E-state index is -3.66. The van der Waals surface area contributed by atoms with Crippen LogP contribution in [0.3, 0.4) is 0 Å². The molecule has 0 atom stereocenters. The molecular weight excluding hydrogens is 300 g/mol. The van der Waals surface area contributed by atoms with Gasteiger partial charge in [-0.3, -0.25) is 0 Å². The molecule has 2 rings (SSSR count). The molecule has 0 saturated carbocycles. The molecule has 1 aromatic carbocycles. The van der Waals surface area contributed by atoms with E-state index in [0.29, 0.717) is 5.56 Å². The first-order valence-electron chi connectivity index (χ1n) is 6.26. The quantitative estimate of drug-likeness (QED) is 0.837. The van der Waals surface area contributed by atoms with Crippen LogP contribution in [0.1, 0.15) is 11.1 Å². The molecule has 0 aromatic heterocycles. The van der Waals surface area contributed by atoms with Crippen LogP contribution in [-0.4, -0.2) is 45.7 Å². The molecule has 0 amide bonds. The minimum absolute atomic E-state index is 0.0109. The van der Waals surface area contributed by atoms with Crippen LogP contribution in [-0.2, 0) is 26.4 Å². The standard InChI is InChI=1S/C12H18N2O4S2/c1-10-2-3-11(9-13)8-12(10)20(17,18)14-4-6-19(15,16)7-5-14/h2-3,8H,4-7,9,13H2,1H3. The van der Waals surface area contributed by atoms with Crippen LogP contribution in [0.4, 0.5) is 0 Å². The highest BCUT2D eigenvalue weighted by atomic mass is 32.2. The fraction of sp³-hybridized carbons (Fsp3) is 0.500. The number of hydrogen-bond donors (Lipinski definition) is 1. The minimum Gasteiger partial charge on any atom is -0.326 e. The lowest BCUT2D eigenvalue weighted by atomic mass is 10.1. The van der Waals surface area contributed by atoms with Crippen LogP contribution < -0.4 is 5.73 Å². The van der Waals surface area contributed by atoms with Crippen molar-refractivity contribution in [2.24, 2.45) is 5.73 Å². The van der Waals surface area contributed by atoms with Crippen LogP contribution in [0.5, 0.6) is 0 Å². The number of aryl methyl sites for hydroxylation is 1. The van der Waals surface area contributed by atoms with E-state index < -0.39 is 19.9 Å². The number of sulfone groups is 1. The Balaban J connectivity index is 2.36. The molecule has 6 nitrogen and oxygen atoms in total. The summed E-state index contributed by atoms with van der Waals surface area (Å²) in [6.07, 6.45) is 0. The average molecular weight is 318 g/mol. The fourth-order valence-electron chi connectivity index (χ4n) is 2.12. The molecule has 1 aliphatic rings. The van der Waals surface area contributed by atoms with Crippen LogP contribution in [0.2, 0.25) is 0 Å². The van der Waals surface area contributed by atoms with E-state index in [1.165, 1.54) is 4.31 Å². The first kappa shape index (κ1) is 15.4. The van der Waals surface area contributed by atoms with Gasteiger partial charge in [-0.15, -0.1) is 0 Å². The predicted octanol–water partition coefficient (Wildman–Crippen LogP) is -0.127. The van der Waals surface area contributed by atoms with E-state index in [0.717, 1.165) is 5.56 Å². The van der Waals surface area contributed by atoms with E-state index in [4.69, 9.17) is 5.73 Å². The second kappa shape index (κ2) is 5.44. The summed E-state index contributed by atoms with van der Waals surface area (Å²) >= 11 is 0. The number of nitrogens with zero attached hydrogens (tertiary/aromatic N) is 1. The first-order valence-corrected chi connectivity index (χ1v) is 9.52. The normalized spacial score (nSPS) is 19.9. The lowest BCUT2D eigenvalue weighted by Gasteiger charge is -2.26. The molecule has 2 N–H and O–H groups in total. The van der Waals surface area contributed by atoms with Crippen molar-refractivity contribution in [3.05, 3.63) is 29.3 Å². The van der Waals surface area contributed by atoms with Crippen molar-refractivity contribution in [3.63, 3.8) is 0 Å². The fourth-order valence-corrected chi connectivity index (χ4v) is 5.27. The number of sulfonamides is 1. The van der Waals surface area contributed by atoms with Gasteiger partial charge in [-0.05, 0) is 24.1 Å². The summed E-state index contributed by atoms with van der Waals surface area (Å²) in [5.41, 5.74) is 6.91. The Labute approximate surface area is 119 Å². The zero-order valence-corrected chi connectivity index (χ0v) is 12.9. The van der Waals surface area contributed by atoms with Crippen molar-refractivity contribution in [2.45, 2.75) is 18.4 Å². The molecule has 0 spiro atoms. The highest BCUT2D eigenvalue weighted by molar-refractivity contribution is 7.92. The van der Waals surface area contributed by atoms with Gasteiger partial charge in [0.1, 0.15) is 0 Å². The summed E-state index contributed by atoms with van der Waals surface area (Å²) in [7, 11) is -6.77. The molecule has 8 heteroatoms. The summed E-state index contributed by atoms with van der Waals surface area (Å²) in [6.45, 7) is 2.00. The third kappa shape index (κ3) is 3.03. The maximum Gasteiger partial charge on any atom is 0.243 e. The summed E-state index contributed by atoms with van der Waals surface area (Å²) in [5, 5.41) is 0. The van der Waals surface area contributed by atoms with Crippen LogP contribution >= 0.6 is 0 Å². The van der Waals surface area contributed by atoms with E-state index in [1.807, 2.05) is 0 Å². The topological polar surface area (TPSA) is 97.5 Å². The van der Waals surface area contributed by atoms with Gasteiger partial charge in [-0.2, -0.15) is 4.31 Å². The number of rotatable bonds is 3. The highest BCUT2D eigenvalue weighted by Crippen LogP contribution is 2.22. The summed E-state index contributed by atoms with van der Waals surface area (Å²) < 4.78 is 49.2. The zero-order valence-electron chi connectivity index (χ0n) is 11.2. The Kier molecular flexibility index (Phi) is 4.19. The van der Waals surface area contributed by atoms with Gasteiger partial charge >= 0.3 is 0 Å². The largest absolute Gasteiger partial charge is 0.326 e. The molecule has 112 valence electrons. The van der Waals surface area contributed by atoms with Gasteiger partial charge in [0.15, 0.2) is 9.84 Å². The van der Waals surface area contributed by atoms with Crippen molar-refractivity contribution in [1.29, 1.82) is 0 Å². The van der Waals surface area contributed by atoms with Crippen molar-refractivity contribution in [1.82, 2.24) is 4.31 Å². The Hall–Kier alpha value is -0.960. The maximum absolute atomic E-state index is 12.6. The molecule has 1 fully saturated rings. The molecule has 1 saturated heterocycles. The van der Waals surface area contributed by atoms with Gasteiger partial charge in [-0.25, -0.2) is 16.8 Å². The SMILES string of the molecule is Cc1ccc(CN)cc1S(=O)(=O)N1CCS(=O)(=O)CC1. The van der Waals surface area contributed by atoms with Gasteiger partial charge in [-0.1, -0.05) is 12.1 Å². The Morgan fingerprint density at radius 2 is 1.85 bits per heavy atom. The number of benzene rings is 1. The van der Waals surface area contributed by atoms with Crippen molar-refractivity contribution in [3.8, 4) is 0 Å². The lowest BCUT2D eigenvalue weighted by Crippen LogP contribution is -2.43. The van der Waals surface area contributed by atoms with E-state index in [9.17, 15) is 16.8 Å². The molecule has 0 unspecified atom stereocenters. The number of nitrogens with two attached hydrogens (primary N) is 1. The molecule has 20 heavy (non-hydrogen) atoms. The van der Waals surface area contributed by atoms with Gasteiger partial charge in [0.25, 0.3) is 0 Å². The second-order valence-electron chi connectivity index (χ2n) is 4.86. The molecule has 0 bridgehead atoms. The van der Waals surface area contributed by atoms with Crippen LogP contribution in [0.15, 0.2) is 23.1 Å².